The molecule has 0 aliphatic heterocycles. The molecule has 0 bridgehead atoms. The maximum atomic E-state index is 11.2. The Kier molecular flexibility index (Phi) is 4.24. The molecule has 0 atom stereocenters. The summed E-state index contributed by atoms with van der Waals surface area (Å²) in [6, 6.07) is 1.31. The summed E-state index contributed by atoms with van der Waals surface area (Å²) in [4.78, 5) is 23.7. The van der Waals surface area contributed by atoms with Gasteiger partial charge in [-0.1, -0.05) is 5.92 Å². The van der Waals surface area contributed by atoms with Crippen molar-refractivity contribution in [3.8, 4) is 12.3 Å². The van der Waals surface area contributed by atoms with Crippen molar-refractivity contribution in [1.29, 1.82) is 0 Å². The van der Waals surface area contributed by atoms with Gasteiger partial charge in [0.05, 0.1) is 16.3 Å². The molecule has 6 heteroatoms. The molecule has 0 aromatic carbocycles. The van der Waals surface area contributed by atoms with Crippen molar-refractivity contribution in [2.75, 3.05) is 18.0 Å². The van der Waals surface area contributed by atoms with Crippen LogP contribution in [-0.4, -0.2) is 23.8 Å². The average Bonchev–Trinajstić information content (AvgIpc) is 2.70. The number of nitrogens with zero attached hydrogens (tertiary/aromatic N) is 2. The first kappa shape index (κ1) is 13.2. The zero-order valence-electron chi connectivity index (χ0n) is 9.60. The van der Waals surface area contributed by atoms with Gasteiger partial charge in [-0.3, -0.25) is 14.9 Å². The molecule has 1 aromatic heterocycles. The SMILES string of the molecule is C#CCN(CC)c1sc(C(C)=O)cc1[N+](=O)[O-]. The Hall–Kier alpha value is -1.87. The third kappa shape index (κ3) is 2.82. The smallest absolute Gasteiger partial charge is 0.304 e. The Bertz CT molecular complexity index is 487. The normalized spacial score (nSPS) is 9.71. The van der Waals surface area contributed by atoms with Gasteiger partial charge in [0.2, 0.25) is 0 Å². The number of nitro groups is 1. The predicted molar refractivity (Wildman–Crippen MR) is 67.7 cm³/mol. The molecule has 0 saturated carbocycles. The standard InChI is InChI=1S/C11H12N2O3S/c1-4-6-12(5-2)11-9(13(15)16)7-10(17-11)8(3)14/h1,7H,5-6H2,2-3H3. The zero-order chi connectivity index (χ0) is 13.0. The molecule has 0 unspecified atom stereocenters. The maximum absolute atomic E-state index is 11.2. The van der Waals surface area contributed by atoms with Gasteiger partial charge in [-0.05, 0) is 13.8 Å². The van der Waals surface area contributed by atoms with E-state index in [1.807, 2.05) is 6.92 Å². The summed E-state index contributed by atoms with van der Waals surface area (Å²) in [5.41, 5.74) is -0.0581. The number of thiophene rings is 1. The van der Waals surface area contributed by atoms with E-state index in [0.29, 0.717) is 16.4 Å². The summed E-state index contributed by atoms with van der Waals surface area (Å²) in [7, 11) is 0. The fourth-order valence-corrected chi connectivity index (χ4v) is 2.42. The van der Waals surface area contributed by atoms with E-state index in [0.717, 1.165) is 11.3 Å². The lowest BCUT2D eigenvalue weighted by atomic mass is 10.3. The van der Waals surface area contributed by atoms with Gasteiger partial charge >= 0.3 is 5.69 Å². The molecule has 0 aliphatic carbocycles. The average molecular weight is 252 g/mol. The van der Waals surface area contributed by atoms with Crippen LogP contribution in [0.3, 0.4) is 0 Å². The van der Waals surface area contributed by atoms with Crippen molar-refractivity contribution in [3.05, 3.63) is 21.1 Å². The van der Waals surface area contributed by atoms with Crippen LogP contribution < -0.4 is 4.90 Å². The van der Waals surface area contributed by atoms with E-state index in [1.165, 1.54) is 13.0 Å². The second-order valence-electron chi connectivity index (χ2n) is 3.33. The highest BCUT2D eigenvalue weighted by Crippen LogP contribution is 2.37. The Morgan fingerprint density at radius 1 is 1.71 bits per heavy atom. The number of hydrogen-bond acceptors (Lipinski definition) is 5. The third-order valence-electron chi connectivity index (χ3n) is 2.19. The first-order valence-electron chi connectivity index (χ1n) is 4.98. The van der Waals surface area contributed by atoms with E-state index in [9.17, 15) is 14.9 Å². The largest absolute Gasteiger partial charge is 0.347 e. The second-order valence-corrected chi connectivity index (χ2v) is 4.36. The van der Waals surface area contributed by atoms with Crippen molar-refractivity contribution in [3.63, 3.8) is 0 Å². The third-order valence-corrected chi connectivity index (χ3v) is 3.47. The summed E-state index contributed by atoms with van der Waals surface area (Å²) >= 11 is 1.11. The highest BCUT2D eigenvalue weighted by atomic mass is 32.1. The molecule has 17 heavy (non-hydrogen) atoms. The van der Waals surface area contributed by atoms with Gasteiger partial charge in [0.25, 0.3) is 0 Å². The van der Waals surface area contributed by atoms with Gasteiger partial charge in [-0.25, -0.2) is 0 Å². The first-order chi connectivity index (χ1) is 8.01. The van der Waals surface area contributed by atoms with Crippen LogP contribution in [0.2, 0.25) is 0 Å². The molecule has 1 heterocycles. The van der Waals surface area contributed by atoms with Crippen molar-refractivity contribution < 1.29 is 9.72 Å². The summed E-state index contributed by atoms with van der Waals surface area (Å²) in [6.45, 7) is 4.09. The van der Waals surface area contributed by atoms with E-state index in [4.69, 9.17) is 6.42 Å². The summed E-state index contributed by atoms with van der Waals surface area (Å²) in [6.07, 6.45) is 5.21. The van der Waals surface area contributed by atoms with Crippen LogP contribution >= 0.6 is 11.3 Å². The molecule has 0 spiro atoms. The Morgan fingerprint density at radius 3 is 2.76 bits per heavy atom. The minimum atomic E-state index is -0.489. The summed E-state index contributed by atoms with van der Waals surface area (Å²) < 4.78 is 0. The number of carbonyl (C=O) groups excluding carboxylic acids is 1. The minimum Gasteiger partial charge on any atom is -0.347 e. The van der Waals surface area contributed by atoms with Crippen LogP contribution in [0, 0.1) is 22.5 Å². The molecule has 0 N–H and O–H groups in total. The number of ketones is 1. The van der Waals surface area contributed by atoms with Crippen molar-refractivity contribution in [1.82, 2.24) is 0 Å². The van der Waals surface area contributed by atoms with Crippen LogP contribution in [0.1, 0.15) is 23.5 Å². The highest BCUT2D eigenvalue weighted by Gasteiger charge is 2.24. The van der Waals surface area contributed by atoms with Crippen LogP contribution in [0.5, 0.6) is 0 Å². The summed E-state index contributed by atoms with van der Waals surface area (Å²) in [5, 5.41) is 11.3. The molecule has 1 aromatic rings. The highest BCUT2D eigenvalue weighted by molar-refractivity contribution is 7.18. The monoisotopic (exact) mass is 252 g/mol. The number of carbonyl (C=O) groups is 1. The first-order valence-corrected chi connectivity index (χ1v) is 5.80. The lowest BCUT2D eigenvalue weighted by Gasteiger charge is -2.16. The molecule has 5 nitrogen and oxygen atoms in total. The van der Waals surface area contributed by atoms with Crippen molar-refractivity contribution in [2.45, 2.75) is 13.8 Å². The van der Waals surface area contributed by atoms with Crippen molar-refractivity contribution in [2.24, 2.45) is 0 Å². The van der Waals surface area contributed by atoms with Gasteiger partial charge < -0.3 is 4.90 Å². The van der Waals surface area contributed by atoms with Gasteiger partial charge in [-0.2, -0.15) is 0 Å². The van der Waals surface area contributed by atoms with Gasteiger partial charge in [0, 0.05) is 12.6 Å². The van der Waals surface area contributed by atoms with Gasteiger partial charge in [0.15, 0.2) is 10.8 Å². The minimum absolute atomic E-state index is 0.0581. The molecule has 90 valence electrons. The zero-order valence-corrected chi connectivity index (χ0v) is 10.4. The van der Waals surface area contributed by atoms with Gasteiger partial charge in [-0.15, -0.1) is 17.8 Å². The molecule has 0 amide bonds. The fourth-order valence-electron chi connectivity index (χ4n) is 1.34. The lowest BCUT2D eigenvalue weighted by Crippen LogP contribution is -2.22. The Labute approximate surface area is 103 Å². The fraction of sp³-hybridized carbons (Fsp3) is 0.364. The number of anilines is 1. The summed E-state index contributed by atoms with van der Waals surface area (Å²) in [5.74, 6) is 2.27. The van der Waals surface area contributed by atoms with Crippen LogP contribution in [0.25, 0.3) is 0 Å². The number of hydrogen-bond donors (Lipinski definition) is 0. The van der Waals surface area contributed by atoms with Crippen LogP contribution in [-0.2, 0) is 0 Å². The van der Waals surface area contributed by atoms with Gasteiger partial charge in [0.1, 0.15) is 0 Å². The predicted octanol–water partition coefficient (Wildman–Crippen LogP) is 2.32. The van der Waals surface area contributed by atoms with E-state index >= 15 is 0 Å². The molecule has 0 fully saturated rings. The van der Waals surface area contributed by atoms with E-state index in [2.05, 4.69) is 5.92 Å². The van der Waals surface area contributed by atoms with Crippen molar-refractivity contribution >= 4 is 27.8 Å². The molecular weight excluding hydrogens is 240 g/mol. The number of Topliss-reactive ketones (excluding diaryl/α,β-unsaturated/α-hetero) is 1. The van der Waals surface area contributed by atoms with Crippen LogP contribution in [0.15, 0.2) is 6.07 Å². The second kappa shape index (κ2) is 5.46. The quantitative estimate of drug-likeness (QED) is 0.349. The topological polar surface area (TPSA) is 63.5 Å². The molecule has 1 rings (SSSR count). The lowest BCUT2D eigenvalue weighted by molar-refractivity contribution is -0.383. The maximum Gasteiger partial charge on any atom is 0.304 e. The van der Waals surface area contributed by atoms with E-state index in [-0.39, 0.29) is 18.0 Å². The molecular formula is C11H12N2O3S. The molecule has 0 saturated heterocycles. The molecule has 0 aliphatic rings. The molecule has 0 radical (unpaired) electrons. The Balaban J connectivity index is 3.25. The van der Waals surface area contributed by atoms with Crippen LogP contribution in [0.4, 0.5) is 10.7 Å². The van der Waals surface area contributed by atoms with E-state index < -0.39 is 4.92 Å². The van der Waals surface area contributed by atoms with E-state index in [1.54, 1.807) is 4.90 Å². The Morgan fingerprint density at radius 2 is 2.35 bits per heavy atom. The number of terminal acetylenes is 1. The number of rotatable bonds is 5.